The maximum Gasteiger partial charge on any atom is 0.191 e. The third-order valence-corrected chi connectivity index (χ3v) is 4.92. The maximum atomic E-state index is 5.28. The molecule has 1 saturated carbocycles. The van der Waals surface area contributed by atoms with Gasteiger partial charge < -0.3 is 20.3 Å². The Morgan fingerprint density at radius 3 is 2.69 bits per heavy atom. The zero-order valence-corrected chi connectivity index (χ0v) is 18.9. The van der Waals surface area contributed by atoms with Gasteiger partial charge in [0.1, 0.15) is 5.82 Å². The lowest BCUT2D eigenvalue weighted by atomic mass is 9.67. The lowest BCUT2D eigenvalue weighted by Crippen LogP contribution is -2.47. The number of nitrogens with one attached hydrogen (secondary N) is 2. The van der Waals surface area contributed by atoms with E-state index in [1.807, 2.05) is 31.3 Å². The number of rotatable bonds is 9. The van der Waals surface area contributed by atoms with E-state index in [4.69, 9.17) is 9.73 Å². The van der Waals surface area contributed by atoms with Gasteiger partial charge >= 0.3 is 0 Å². The van der Waals surface area contributed by atoms with Crippen LogP contribution in [0.3, 0.4) is 0 Å². The van der Waals surface area contributed by atoms with Crippen LogP contribution in [-0.4, -0.2) is 51.8 Å². The van der Waals surface area contributed by atoms with Crippen LogP contribution in [0.1, 0.15) is 38.2 Å². The Morgan fingerprint density at radius 1 is 1.35 bits per heavy atom. The number of aromatic nitrogens is 1. The fourth-order valence-electron chi connectivity index (χ4n) is 3.24. The van der Waals surface area contributed by atoms with Crippen molar-refractivity contribution in [3.05, 3.63) is 23.9 Å². The van der Waals surface area contributed by atoms with E-state index in [-0.39, 0.29) is 24.0 Å². The van der Waals surface area contributed by atoms with Gasteiger partial charge in [-0.25, -0.2) is 9.98 Å². The summed E-state index contributed by atoms with van der Waals surface area (Å²) >= 11 is 0. The quantitative estimate of drug-likeness (QED) is 0.327. The van der Waals surface area contributed by atoms with E-state index in [9.17, 15) is 0 Å². The molecule has 0 unspecified atom stereocenters. The molecule has 0 aromatic carbocycles. The number of hydrogen-bond donors (Lipinski definition) is 2. The molecule has 2 N–H and O–H groups in total. The Hall–Kier alpha value is -1.09. The number of nitrogens with zero attached hydrogens (tertiary/aromatic N) is 3. The second-order valence-electron chi connectivity index (χ2n) is 7.03. The van der Waals surface area contributed by atoms with Crippen LogP contribution in [0.15, 0.2) is 23.3 Å². The predicted molar refractivity (Wildman–Crippen MR) is 120 cm³/mol. The van der Waals surface area contributed by atoms with Crippen LogP contribution in [0.4, 0.5) is 5.82 Å². The normalized spacial score (nSPS) is 15.6. The van der Waals surface area contributed by atoms with Gasteiger partial charge in [0.15, 0.2) is 5.96 Å². The number of halogens is 1. The molecular weight excluding hydrogens is 441 g/mol. The van der Waals surface area contributed by atoms with E-state index in [2.05, 4.69) is 28.6 Å². The Balaban J connectivity index is 0.00000338. The first-order valence-corrected chi connectivity index (χ1v) is 9.22. The molecule has 0 aliphatic heterocycles. The lowest BCUT2D eigenvalue weighted by Gasteiger charge is -2.42. The largest absolute Gasteiger partial charge is 0.385 e. The highest BCUT2D eigenvalue weighted by atomic mass is 127. The summed E-state index contributed by atoms with van der Waals surface area (Å²) in [6, 6.07) is 4.05. The fraction of sp³-hybridized carbons (Fsp3) is 0.684. The standard InChI is InChI=1S/C19H33N5O.HI/c1-5-20-18(23-15-19(9-7-10-19)11-13-25-4)22-14-16-8-6-12-21-17(16)24(2)3;/h6,8,12H,5,7,9-11,13-15H2,1-4H3,(H2,20,22,23);1H. The van der Waals surface area contributed by atoms with Crippen molar-refractivity contribution in [3.8, 4) is 0 Å². The molecule has 2 rings (SSSR count). The highest BCUT2D eigenvalue weighted by Crippen LogP contribution is 2.43. The molecular formula is C19H34IN5O. The minimum absolute atomic E-state index is 0. The van der Waals surface area contributed by atoms with E-state index in [0.29, 0.717) is 12.0 Å². The molecule has 0 amide bonds. The van der Waals surface area contributed by atoms with Gasteiger partial charge in [0.25, 0.3) is 0 Å². The van der Waals surface area contributed by atoms with Gasteiger partial charge in [-0.15, -0.1) is 24.0 Å². The summed E-state index contributed by atoms with van der Waals surface area (Å²) in [7, 11) is 5.80. The minimum atomic E-state index is 0. The van der Waals surface area contributed by atoms with Gasteiger partial charge in [-0.2, -0.15) is 0 Å². The van der Waals surface area contributed by atoms with Crippen LogP contribution in [0, 0.1) is 5.41 Å². The zero-order chi connectivity index (χ0) is 18.1. The van der Waals surface area contributed by atoms with Gasteiger partial charge in [0.2, 0.25) is 0 Å². The molecule has 0 spiro atoms. The molecule has 0 atom stereocenters. The number of hydrogen-bond acceptors (Lipinski definition) is 4. The zero-order valence-electron chi connectivity index (χ0n) is 16.5. The first-order valence-electron chi connectivity index (χ1n) is 9.22. The topological polar surface area (TPSA) is 61.8 Å². The Kier molecular flexibility index (Phi) is 10.2. The summed E-state index contributed by atoms with van der Waals surface area (Å²) in [5, 5.41) is 6.89. The Labute approximate surface area is 175 Å². The molecule has 7 heteroatoms. The van der Waals surface area contributed by atoms with Crippen molar-refractivity contribution in [2.24, 2.45) is 10.4 Å². The van der Waals surface area contributed by atoms with Gasteiger partial charge in [0, 0.05) is 52.7 Å². The minimum Gasteiger partial charge on any atom is -0.385 e. The van der Waals surface area contributed by atoms with Crippen LogP contribution >= 0.6 is 24.0 Å². The molecule has 0 radical (unpaired) electrons. The maximum absolute atomic E-state index is 5.28. The summed E-state index contributed by atoms with van der Waals surface area (Å²) in [4.78, 5) is 11.2. The summed E-state index contributed by atoms with van der Waals surface area (Å²) in [6.45, 7) is 5.34. The monoisotopic (exact) mass is 475 g/mol. The molecule has 1 aromatic rings. The van der Waals surface area contributed by atoms with Crippen LogP contribution in [0.5, 0.6) is 0 Å². The second-order valence-corrected chi connectivity index (χ2v) is 7.03. The van der Waals surface area contributed by atoms with Crippen LogP contribution < -0.4 is 15.5 Å². The molecule has 1 fully saturated rings. The average Bonchev–Trinajstić information content (AvgIpc) is 2.58. The van der Waals surface area contributed by atoms with Crippen LogP contribution in [0.2, 0.25) is 0 Å². The van der Waals surface area contributed by atoms with Gasteiger partial charge in [0.05, 0.1) is 6.54 Å². The van der Waals surface area contributed by atoms with Gasteiger partial charge in [-0.1, -0.05) is 12.5 Å². The van der Waals surface area contributed by atoms with Gasteiger partial charge in [-0.05, 0) is 37.7 Å². The van der Waals surface area contributed by atoms with E-state index in [1.54, 1.807) is 7.11 Å². The van der Waals surface area contributed by atoms with E-state index >= 15 is 0 Å². The number of aliphatic imine (C=N–C) groups is 1. The molecule has 0 bridgehead atoms. The molecule has 1 aliphatic rings. The van der Waals surface area contributed by atoms with Crippen molar-refractivity contribution >= 4 is 35.8 Å². The molecule has 1 aromatic heterocycles. The van der Waals surface area contributed by atoms with Crippen LogP contribution in [0.25, 0.3) is 0 Å². The summed E-state index contributed by atoms with van der Waals surface area (Å²) in [6.07, 6.45) is 6.80. The Bertz CT molecular complexity index is 561. The molecule has 1 aliphatic carbocycles. The highest BCUT2D eigenvalue weighted by molar-refractivity contribution is 14.0. The third kappa shape index (κ3) is 6.57. The molecule has 0 saturated heterocycles. The lowest BCUT2D eigenvalue weighted by molar-refractivity contribution is 0.0732. The molecule has 26 heavy (non-hydrogen) atoms. The second kappa shape index (κ2) is 11.6. The molecule has 6 nitrogen and oxygen atoms in total. The van der Waals surface area contributed by atoms with E-state index in [0.717, 1.165) is 43.5 Å². The number of ether oxygens (including phenoxy) is 1. The highest BCUT2D eigenvalue weighted by Gasteiger charge is 2.36. The van der Waals surface area contributed by atoms with E-state index in [1.165, 1.54) is 19.3 Å². The van der Waals surface area contributed by atoms with Crippen molar-refractivity contribution in [2.45, 2.75) is 39.2 Å². The Morgan fingerprint density at radius 2 is 2.12 bits per heavy atom. The van der Waals surface area contributed by atoms with Gasteiger partial charge in [-0.3, -0.25) is 0 Å². The smallest absolute Gasteiger partial charge is 0.191 e. The average molecular weight is 475 g/mol. The predicted octanol–water partition coefficient (Wildman–Crippen LogP) is 3.03. The van der Waals surface area contributed by atoms with Crippen molar-refractivity contribution in [2.75, 3.05) is 45.8 Å². The third-order valence-electron chi connectivity index (χ3n) is 4.92. The summed E-state index contributed by atoms with van der Waals surface area (Å²) in [5.41, 5.74) is 1.50. The SMILES string of the molecule is CCNC(=NCc1cccnc1N(C)C)NCC1(CCOC)CCC1.I. The number of methoxy groups -OCH3 is 1. The summed E-state index contributed by atoms with van der Waals surface area (Å²) < 4.78 is 5.28. The molecule has 1 heterocycles. The van der Waals surface area contributed by atoms with Crippen molar-refractivity contribution in [3.63, 3.8) is 0 Å². The number of pyridine rings is 1. The number of guanidine groups is 1. The first kappa shape index (κ1) is 23.0. The fourth-order valence-corrected chi connectivity index (χ4v) is 3.24. The van der Waals surface area contributed by atoms with Crippen molar-refractivity contribution in [1.29, 1.82) is 0 Å². The summed E-state index contributed by atoms with van der Waals surface area (Å²) in [5.74, 6) is 1.84. The van der Waals surface area contributed by atoms with Crippen LogP contribution in [-0.2, 0) is 11.3 Å². The number of anilines is 1. The first-order chi connectivity index (χ1) is 12.1. The molecule has 148 valence electrons. The van der Waals surface area contributed by atoms with Crippen molar-refractivity contribution in [1.82, 2.24) is 15.6 Å². The van der Waals surface area contributed by atoms with E-state index < -0.39 is 0 Å². The van der Waals surface area contributed by atoms with Crippen molar-refractivity contribution < 1.29 is 4.74 Å².